The zero-order valence-corrected chi connectivity index (χ0v) is 18.2. The number of fused-ring (bicyclic) bond motifs is 1. The van der Waals surface area contributed by atoms with Crippen LogP contribution in [0, 0.1) is 0 Å². The molecule has 0 aliphatic heterocycles. The molecule has 5 rings (SSSR count). The normalized spacial score (nSPS) is 10.8. The Balaban J connectivity index is 1.42. The average molecular weight is 435 g/mol. The summed E-state index contributed by atoms with van der Waals surface area (Å²) in [5.74, 6) is 0.448. The van der Waals surface area contributed by atoms with Crippen molar-refractivity contribution in [3.05, 3.63) is 90.8 Å². The van der Waals surface area contributed by atoms with Gasteiger partial charge in [-0.15, -0.1) is 10.2 Å². The molecule has 8 nitrogen and oxygen atoms in total. The van der Waals surface area contributed by atoms with Crippen molar-refractivity contribution in [2.75, 3.05) is 24.3 Å². The minimum atomic E-state index is -0.168. The van der Waals surface area contributed by atoms with Crippen LogP contribution in [0.4, 0.5) is 11.4 Å². The Kier molecular flexibility index (Phi) is 5.24. The highest BCUT2D eigenvalue weighted by Crippen LogP contribution is 2.24. The molecule has 2 aromatic carbocycles. The second-order valence-corrected chi connectivity index (χ2v) is 7.73. The summed E-state index contributed by atoms with van der Waals surface area (Å²) in [4.78, 5) is 18.9. The minimum Gasteiger partial charge on any atom is -0.378 e. The van der Waals surface area contributed by atoms with Gasteiger partial charge < -0.3 is 10.2 Å². The molecule has 0 aliphatic carbocycles. The number of nitrogens with zero attached hydrogens (tertiary/aromatic N) is 6. The standard InChI is InChI=1S/C25H21N7O/c1-31(2)21-10-8-17(9-11-21)25(33)27-20-7-3-5-18(15-20)22-12-13-23-28-29-24(32(23)30-22)19-6-4-14-26-16-19/h3-16H,1-2H3,(H,27,33). The fourth-order valence-electron chi connectivity index (χ4n) is 3.49. The van der Waals surface area contributed by atoms with Gasteiger partial charge in [0.15, 0.2) is 11.5 Å². The predicted molar refractivity (Wildman–Crippen MR) is 128 cm³/mol. The molecule has 0 spiro atoms. The Morgan fingerprint density at radius 1 is 0.909 bits per heavy atom. The minimum absolute atomic E-state index is 0.168. The van der Waals surface area contributed by atoms with Crippen molar-refractivity contribution < 1.29 is 4.79 Å². The van der Waals surface area contributed by atoms with Crippen molar-refractivity contribution in [2.24, 2.45) is 0 Å². The van der Waals surface area contributed by atoms with Gasteiger partial charge in [-0.25, -0.2) is 0 Å². The molecule has 8 heteroatoms. The summed E-state index contributed by atoms with van der Waals surface area (Å²) in [6.45, 7) is 0. The monoisotopic (exact) mass is 435 g/mol. The molecule has 5 aromatic rings. The third kappa shape index (κ3) is 4.14. The van der Waals surface area contributed by atoms with Gasteiger partial charge in [0, 0.05) is 54.6 Å². The smallest absolute Gasteiger partial charge is 0.255 e. The zero-order chi connectivity index (χ0) is 22.8. The van der Waals surface area contributed by atoms with Crippen LogP contribution < -0.4 is 10.2 Å². The first-order chi connectivity index (χ1) is 16.1. The maximum absolute atomic E-state index is 12.7. The van der Waals surface area contributed by atoms with E-state index in [1.54, 1.807) is 16.9 Å². The Morgan fingerprint density at radius 2 is 1.73 bits per heavy atom. The Labute approximate surface area is 190 Å². The van der Waals surface area contributed by atoms with E-state index in [0.29, 0.717) is 22.7 Å². The van der Waals surface area contributed by atoms with Crippen LogP contribution in [0.15, 0.2) is 85.2 Å². The summed E-state index contributed by atoms with van der Waals surface area (Å²) in [7, 11) is 3.93. The summed E-state index contributed by atoms with van der Waals surface area (Å²) < 4.78 is 1.70. The Morgan fingerprint density at radius 3 is 2.48 bits per heavy atom. The van der Waals surface area contributed by atoms with Gasteiger partial charge in [0.25, 0.3) is 5.91 Å². The van der Waals surface area contributed by atoms with E-state index in [4.69, 9.17) is 5.10 Å². The maximum Gasteiger partial charge on any atom is 0.255 e. The van der Waals surface area contributed by atoms with E-state index in [2.05, 4.69) is 20.5 Å². The molecule has 0 radical (unpaired) electrons. The highest BCUT2D eigenvalue weighted by molar-refractivity contribution is 6.04. The zero-order valence-electron chi connectivity index (χ0n) is 18.2. The molecular formula is C25H21N7O. The summed E-state index contributed by atoms with van der Waals surface area (Å²) in [5, 5.41) is 16.2. The largest absolute Gasteiger partial charge is 0.378 e. The molecule has 1 N–H and O–H groups in total. The molecule has 0 bridgehead atoms. The van der Waals surface area contributed by atoms with E-state index < -0.39 is 0 Å². The summed E-state index contributed by atoms with van der Waals surface area (Å²) in [6, 6.07) is 22.6. The number of aromatic nitrogens is 5. The Bertz CT molecular complexity index is 1430. The van der Waals surface area contributed by atoms with Gasteiger partial charge in [-0.3, -0.25) is 9.78 Å². The number of hydrogen-bond acceptors (Lipinski definition) is 6. The van der Waals surface area contributed by atoms with E-state index in [1.807, 2.05) is 91.8 Å². The molecule has 0 atom stereocenters. The summed E-state index contributed by atoms with van der Waals surface area (Å²) in [6.07, 6.45) is 3.44. The molecule has 3 aromatic heterocycles. The summed E-state index contributed by atoms with van der Waals surface area (Å²) >= 11 is 0. The van der Waals surface area contributed by atoms with Gasteiger partial charge >= 0.3 is 0 Å². The lowest BCUT2D eigenvalue weighted by atomic mass is 10.1. The number of anilines is 2. The molecule has 162 valence electrons. The van der Waals surface area contributed by atoms with E-state index in [0.717, 1.165) is 22.5 Å². The van der Waals surface area contributed by atoms with Crippen molar-refractivity contribution in [2.45, 2.75) is 0 Å². The van der Waals surface area contributed by atoms with Gasteiger partial charge in [-0.1, -0.05) is 12.1 Å². The molecule has 0 aliphatic rings. The Hall–Kier alpha value is -4.59. The lowest BCUT2D eigenvalue weighted by Gasteiger charge is -2.13. The quantitative estimate of drug-likeness (QED) is 0.446. The number of amides is 1. The van der Waals surface area contributed by atoms with Gasteiger partial charge in [-0.05, 0) is 60.7 Å². The van der Waals surface area contributed by atoms with E-state index in [9.17, 15) is 4.79 Å². The number of pyridine rings is 1. The summed E-state index contributed by atoms with van der Waals surface area (Å²) in [5.41, 5.74) is 5.39. The van der Waals surface area contributed by atoms with Crippen molar-refractivity contribution in [1.82, 2.24) is 24.8 Å². The third-order valence-corrected chi connectivity index (χ3v) is 5.24. The molecule has 0 saturated carbocycles. The molecule has 33 heavy (non-hydrogen) atoms. The number of nitrogens with one attached hydrogen (secondary N) is 1. The number of benzene rings is 2. The molecule has 0 unspecified atom stereocenters. The van der Waals surface area contributed by atoms with Crippen molar-refractivity contribution >= 4 is 22.9 Å². The first-order valence-electron chi connectivity index (χ1n) is 10.4. The average Bonchev–Trinajstić information content (AvgIpc) is 3.28. The molecule has 3 heterocycles. The molecular weight excluding hydrogens is 414 g/mol. The van der Waals surface area contributed by atoms with Crippen LogP contribution in [-0.4, -0.2) is 44.8 Å². The van der Waals surface area contributed by atoms with Gasteiger partial charge in [-0.2, -0.15) is 9.61 Å². The highest BCUT2D eigenvalue weighted by Gasteiger charge is 2.12. The van der Waals surface area contributed by atoms with Gasteiger partial charge in [0.1, 0.15) is 0 Å². The first-order valence-corrected chi connectivity index (χ1v) is 10.4. The van der Waals surface area contributed by atoms with Crippen molar-refractivity contribution in [3.63, 3.8) is 0 Å². The molecule has 1 amide bonds. The second-order valence-electron chi connectivity index (χ2n) is 7.73. The number of carbonyl (C=O) groups is 1. The molecule has 0 saturated heterocycles. The molecule has 0 fully saturated rings. The number of carbonyl (C=O) groups excluding carboxylic acids is 1. The fourth-order valence-corrected chi connectivity index (χ4v) is 3.49. The SMILES string of the molecule is CN(C)c1ccc(C(=O)Nc2cccc(-c3ccc4nnc(-c5cccnc5)n4n3)c2)cc1. The van der Waals surface area contributed by atoms with Gasteiger partial charge in [0.05, 0.1) is 5.69 Å². The lowest BCUT2D eigenvalue weighted by molar-refractivity contribution is 0.102. The third-order valence-electron chi connectivity index (χ3n) is 5.24. The van der Waals surface area contributed by atoms with E-state index >= 15 is 0 Å². The van der Waals surface area contributed by atoms with Crippen LogP contribution in [0.1, 0.15) is 10.4 Å². The van der Waals surface area contributed by atoms with Crippen LogP contribution in [0.2, 0.25) is 0 Å². The fraction of sp³-hybridized carbons (Fsp3) is 0.0800. The number of hydrogen-bond donors (Lipinski definition) is 1. The number of rotatable bonds is 5. The van der Waals surface area contributed by atoms with Gasteiger partial charge in [0.2, 0.25) is 0 Å². The van der Waals surface area contributed by atoms with Crippen LogP contribution in [0.3, 0.4) is 0 Å². The van der Waals surface area contributed by atoms with Crippen LogP contribution in [-0.2, 0) is 0 Å². The topological polar surface area (TPSA) is 88.3 Å². The van der Waals surface area contributed by atoms with Crippen molar-refractivity contribution in [3.8, 4) is 22.6 Å². The van der Waals surface area contributed by atoms with E-state index in [-0.39, 0.29) is 5.91 Å². The highest BCUT2D eigenvalue weighted by atomic mass is 16.1. The first kappa shape index (κ1) is 20.3. The van der Waals surface area contributed by atoms with E-state index in [1.165, 1.54) is 0 Å². The lowest BCUT2D eigenvalue weighted by Crippen LogP contribution is -2.13. The predicted octanol–water partition coefficient (Wildman–Crippen LogP) is 4.17. The van der Waals surface area contributed by atoms with Crippen molar-refractivity contribution in [1.29, 1.82) is 0 Å². The van der Waals surface area contributed by atoms with Crippen LogP contribution in [0.25, 0.3) is 28.3 Å². The van der Waals surface area contributed by atoms with Crippen LogP contribution >= 0.6 is 0 Å². The second kappa shape index (κ2) is 8.51. The maximum atomic E-state index is 12.7. The van der Waals surface area contributed by atoms with Crippen LogP contribution in [0.5, 0.6) is 0 Å².